The number of hydrogen-bond acceptors (Lipinski definition) is 2. The van der Waals surface area contributed by atoms with Crippen LogP contribution in [0.1, 0.15) is 31.5 Å². The predicted octanol–water partition coefficient (Wildman–Crippen LogP) is 2.19. The summed E-state index contributed by atoms with van der Waals surface area (Å²) in [6.07, 6.45) is 5.32. The van der Waals surface area contributed by atoms with E-state index in [1.54, 1.807) is 0 Å². The molecular weight excluding hydrogens is 172 g/mol. The van der Waals surface area contributed by atoms with E-state index < -0.39 is 0 Å². The highest BCUT2D eigenvalue weighted by molar-refractivity contribution is 5.13. The van der Waals surface area contributed by atoms with Gasteiger partial charge in [-0.1, -0.05) is 19.9 Å². The molecule has 0 unspecified atom stereocenters. The lowest BCUT2D eigenvalue weighted by Crippen LogP contribution is -2.14. The van der Waals surface area contributed by atoms with Crippen molar-refractivity contribution in [1.82, 2.24) is 10.3 Å². The third-order valence-electron chi connectivity index (χ3n) is 2.33. The minimum atomic E-state index is 1.06. The summed E-state index contributed by atoms with van der Waals surface area (Å²) in [6.45, 7) is 6.44. The molecule has 0 atom stereocenters. The fourth-order valence-electron chi connectivity index (χ4n) is 1.38. The van der Waals surface area contributed by atoms with Crippen LogP contribution in [0.5, 0.6) is 0 Å². The molecule has 1 aromatic rings. The highest BCUT2D eigenvalue weighted by atomic mass is 14.8. The van der Waals surface area contributed by atoms with Crippen molar-refractivity contribution in [2.24, 2.45) is 0 Å². The summed E-state index contributed by atoms with van der Waals surface area (Å²) in [7, 11) is 0. The number of nitrogens with one attached hydrogen (secondary N) is 1. The van der Waals surface area contributed by atoms with Gasteiger partial charge in [0.15, 0.2) is 0 Å². The van der Waals surface area contributed by atoms with Crippen LogP contribution in [0, 0.1) is 0 Å². The minimum Gasteiger partial charge on any atom is -0.317 e. The van der Waals surface area contributed by atoms with Gasteiger partial charge in [-0.05, 0) is 44.0 Å². The van der Waals surface area contributed by atoms with E-state index in [9.17, 15) is 0 Å². The second-order valence-corrected chi connectivity index (χ2v) is 3.47. The fraction of sp³-hybridized carbons (Fsp3) is 0.583. The Labute approximate surface area is 86.8 Å². The fourth-order valence-corrected chi connectivity index (χ4v) is 1.38. The zero-order valence-electron chi connectivity index (χ0n) is 9.21. The molecule has 1 heterocycles. The summed E-state index contributed by atoms with van der Waals surface area (Å²) < 4.78 is 0. The van der Waals surface area contributed by atoms with Gasteiger partial charge in [0.05, 0.1) is 0 Å². The topological polar surface area (TPSA) is 24.9 Å². The van der Waals surface area contributed by atoms with Crippen molar-refractivity contribution in [1.29, 1.82) is 0 Å². The van der Waals surface area contributed by atoms with Crippen LogP contribution in [0.25, 0.3) is 0 Å². The van der Waals surface area contributed by atoms with Crippen molar-refractivity contribution in [3.8, 4) is 0 Å². The SMILES string of the molecule is CCNCCCc1ccc(CC)cn1. The molecule has 0 saturated heterocycles. The maximum atomic E-state index is 4.42. The van der Waals surface area contributed by atoms with E-state index in [0.29, 0.717) is 0 Å². The molecule has 0 amide bonds. The van der Waals surface area contributed by atoms with Gasteiger partial charge in [-0.3, -0.25) is 4.98 Å². The quantitative estimate of drug-likeness (QED) is 0.699. The Morgan fingerprint density at radius 3 is 2.71 bits per heavy atom. The van der Waals surface area contributed by atoms with E-state index >= 15 is 0 Å². The van der Waals surface area contributed by atoms with Gasteiger partial charge in [0.1, 0.15) is 0 Å². The molecule has 0 aliphatic heterocycles. The van der Waals surface area contributed by atoms with Crippen molar-refractivity contribution in [3.05, 3.63) is 29.6 Å². The molecule has 14 heavy (non-hydrogen) atoms. The Bertz CT molecular complexity index is 241. The number of aromatic nitrogens is 1. The molecule has 0 aliphatic carbocycles. The first-order valence-corrected chi connectivity index (χ1v) is 5.51. The summed E-state index contributed by atoms with van der Waals surface area (Å²) in [5, 5.41) is 3.31. The maximum absolute atomic E-state index is 4.42. The summed E-state index contributed by atoms with van der Waals surface area (Å²) in [5.74, 6) is 0. The molecule has 2 heteroatoms. The van der Waals surface area contributed by atoms with Crippen LogP contribution in [-0.4, -0.2) is 18.1 Å². The third-order valence-corrected chi connectivity index (χ3v) is 2.33. The van der Waals surface area contributed by atoms with Crippen molar-refractivity contribution < 1.29 is 0 Å². The van der Waals surface area contributed by atoms with Crippen molar-refractivity contribution in [2.75, 3.05) is 13.1 Å². The van der Waals surface area contributed by atoms with Gasteiger partial charge < -0.3 is 5.32 Å². The van der Waals surface area contributed by atoms with E-state index in [-0.39, 0.29) is 0 Å². The zero-order valence-corrected chi connectivity index (χ0v) is 9.21. The van der Waals surface area contributed by atoms with E-state index in [4.69, 9.17) is 0 Å². The van der Waals surface area contributed by atoms with E-state index in [1.165, 1.54) is 17.7 Å². The summed E-state index contributed by atoms with van der Waals surface area (Å²) in [6, 6.07) is 4.32. The molecule has 2 nitrogen and oxygen atoms in total. The monoisotopic (exact) mass is 192 g/mol. The van der Waals surface area contributed by atoms with Crippen LogP contribution in [0.3, 0.4) is 0 Å². The zero-order chi connectivity index (χ0) is 10.2. The smallest absolute Gasteiger partial charge is 0.0404 e. The lowest BCUT2D eigenvalue weighted by Gasteiger charge is -2.02. The van der Waals surface area contributed by atoms with Crippen molar-refractivity contribution in [2.45, 2.75) is 33.1 Å². The lowest BCUT2D eigenvalue weighted by atomic mass is 10.1. The predicted molar refractivity (Wildman–Crippen MR) is 60.5 cm³/mol. The van der Waals surface area contributed by atoms with Gasteiger partial charge in [0.2, 0.25) is 0 Å². The summed E-state index contributed by atoms with van der Waals surface area (Å²) in [4.78, 5) is 4.42. The molecule has 0 aliphatic rings. The van der Waals surface area contributed by atoms with Gasteiger partial charge in [0.25, 0.3) is 0 Å². The Kier molecular flexibility index (Phi) is 5.23. The number of rotatable bonds is 6. The first-order chi connectivity index (χ1) is 6.86. The maximum Gasteiger partial charge on any atom is 0.0404 e. The van der Waals surface area contributed by atoms with E-state index in [1.807, 2.05) is 6.20 Å². The first kappa shape index (κ1) is 11.2. The highest BCUT2D eigenvalue weighted by Gasteiger charge is 1.94. The largest absolute Gasteiger partial charge is 0.317 e. The molecule has 1 aromatic heterocycles. The Morgan fingerprint density at radius 1 is 1.29 bits per heavy atom. The van der Waals surface area contributed by atoms with Crippen molar-refractivity contribution in [3.63, 3.8) is 0 Å². The van der Waals surface area contributed by atoms with Gasteiger partial charge in [0, 0.05) is 11.9 Å². The van der Waals surface area contributed by atoms with Crippen LogP contribution in [0.2, 0.25) is 0 Å². The highest BCUT2D eigenvalue weighted by Crippen LogP contribution is 2.02. The van der Waals surface area contributed by atoms with Crippen LogP contribution < -0.4 is 5.32 Å². The molecule has 0 radical (unpaired) electrons. The van der Waals surface area contributed by atoms with Gasteiger partial charge >= 0.3 is 0 Å². The van der Waals surface area contributed by atoms with Crippen LogP contribution in [0.4, 0.5) is 0 Å². The molecule has 0 aromatic carbocycles. The average molecular weight is 192 g/mol. The second-order valence-electron chi connectivity index (χ2n) is 3.47. The lowest BCUT2D eigenvalue weighted by molar-refractivity contribution is 0.667. The number of nitrogens with zero attached hydrogens (tertiary/aromatic N) is 1. The van der Waals surface area contributed by atoms with Gasteiger partial charge in [-0.2, -0.15) is 0 Å². The molecule has 78 valence electrons. The van der Waals surface area contributed by atoms with E-state index in [0.717, 1.165) is 25.9 Å². The molecule has 0 spiro atoms. The average Bonchev–Trinajstić information content (AvgIpc) is 2.25. The number of aryl methyl sites for hydroxylation is 2. The Hall–Kier alpha value is -0.890. The van der Waals surface area contributed by atoms with Gasteiger partial charge in [-0.25, -0.2) is 0 Å². The molecule has 1 rings (SSSR count). The van der Waals surface area contributed by atoms with Crippen molar-refractivity contribution >= 4 is 0 Å². The normalized spacial score (nSPS) is 10.4. The van der Waals surface area contributed by atoms with Crippen LogP contribution in [0.15, 0.2) is 18.3 Å². The first-order valence-electron chi connectivity index (χ1n) is 5.51. The molecule has 0 fully saturated rings. The van der Waals surface area contributed by atoms with Crippen LogP contribution >= 0.6 is 0 Å². The second kappa shape index (κ2) is 6.55. The van der Waals surface area contributed by atoms with E-state index in [2.05, 4.69) is 36.3 Å². The summed E-state index contributed by atoms with van der Waals surface area (Å²) >= 11 is 0. The number of hydrogen-bond donors (Lipinski definition) is 1. The third kappa shape index (κ3) is 3.88. The molecular formula is C12H20N2. The standard InChI is InChI=1S/C12H20N2/c1-3-11-7-8-12(14-10-11)6-5-9-13-4-2/h7-8,10,13H,3-6,9H2,1-2H3. The Morgan fingerprint density at radius 2 is 2.14 bits per heavy atom. The van der Waals surface area contributed by atoms with Gasteiger partial charge in [-0.15, -0.1) is 0 Å². The number of pyridine rings is 1. The summed E-state index contributed by atoms with van der Waals surface area (Å²) in [5.41, 5.74) is 2.53. The molecule has 1 N–H and O–H groups in total. The molecule has 0 bridgehead atoms. The van der Waals surface area contributed by atoms with Crippen LogP contribution in [-0.2, 0) is 12.8 Å². The Balaban J connectivity index is 2.29. The minimum absolute atomic E-state index is 1.06. The molecule has 0 saturated carbocycles.